The number of aryl methyl sites for hydroxylation is 1. The lowest BCUT2D eigenvalue weighted by Crippen LogP contribution is -2.30. The van der Waals surface area contributed by atoms with E-state index in [2.05, 4.69) is 9.97 Å². The number of ether oxygens (including phenoxy) is 4. The summed E-state index contributed by atoms with van der Waals surface area (Å²) in [4.78, 5) is 36.2. The van der Waals surface area contributed by atoms with Crippen molar-refractivity contribution in [2.45, 2.75) is 13.0 Å². The third kappa shape index (κ3) is 4.36. The number of aliphatic hydroxyl groups is 1. The number of nitrogens with one attached hydrogen (secondary N) is 1. The normalized spacial score (nSPS) is 16.4. The lowest BCUT2D eigenvalue weighted by molar-refractivity contribution is -0.132. The van der Waals surface area contributed by atoms with Crippen molar-refractivity contribution in [1.29, 1.82) is 0 Å². The zero-order chi connectivity index (χ0) is 28.7. The summed E-state index contributed by atoms with van der Waals surface area (Å²) in [5, 5.41) is 11.8. The number of carbonyl (C=O) groups is 2. The fraction of sp³-hybridized carbons (Fsp3) is 0.207. The Kier molecular flexibility index (Phi) is 7.03. The molecule has 1 aliphatic rings. The first-order valence-electron chi connectivity index (χ1n) is 12.1. The van der Waals surface area contributed by atoms with Crippen LogP contribution in [0.15, 0.2) is 54.1 Å². The summed E-state index contributed by atoms with van der Waals surface area (Å²) >= 11 is 6.36. The summed E-state index contributed by atoms with van der Waals surface area (Å²) in [6, 6.07) is 12.4. The number of H-pyrrole nitrogens is 1. The fourth-order valence-electron chi connectivity index (χ4n) is 4.80. The van der Waals surface area contributed by atoms with Crippen LogP contribution in [0.3, 0.4) is 0 Å². The van der Waals surface area contributed by atoms with Crippen molar-refractivity contribution in [3.63, 3.8) is 0 Å². The Bertz CT molecular complexity index is 1690. The molecule has 1 unspecified atom stereocenters. The maximum Gasteiger partial charge on any atom is 0.302 e. The van der Waals surface area contributed by atoms with Gasteiger partial charge in [-0.1, -0.05) is 23.7 Å². The number of methoxy groups -OCH3 is 4. The van der Waals surface area contributed by atoms with Crippen LogP contribution < -0.4 is 23.8 Å². The minimum absolute atomic E-state index is 0.108. The zero-order valence-corrected chi connectivity index (χ0v) is 23.1. The summed E-state index contributed by atoms with van der Waals surface area (Å²) in [6.07, 6.45) is 0. The van der Waals surface area contributed by atoms with Gasteiger partial charge in [-0.3, -0.25) is 14.5 Å². The Morgan fingerprint density at radius 2 is 1.60 bits per heavy atom. The number of amides is 1. The van der Waals surface area contributed by atoms with Crippen LogP contribution in [-0.4, -0.2) is 55.2 Å². The zero-order valence-electron chi connectivity index (χ0n) is 22.4. The van der Waals surface area contributed by atoms with E-state index in [1.807, 2.05) is 25.1 Å². The largest absolute Gasteiger partial charge is 0.507 e. The number of imidazole rings is 1. The Morgan fingerprint density at radius 1 is 0.900 bits per heavy atom. The van der Waals surface area contributed by atoms with Gasteiger partial charge in [-0.15, -0.1) is 0 Å². The number of anilines is 1. The standard InChI is InChI=1S/C29H26ClN3O7/c1-14-6-8-18-19(10-14)32-29(31-18)33-25(15-7-9-20(37-2)23(11-15)40-5)24(27(35)28(33)36)26(34)16-12-17(30)22(39-4)13-21(16)38-3/h6-13,25,34H,1-5H3,(H,31,32)/b26-24+. The second-order valence-corrected chi connectivity index (χ2v) is 9.46. The molecule has 0 aliphatic carbocycles. The molecule has 5 rings (SSSR count). The Labute approximate surface area is 234 Å². The molecule has 1 amide bonds. The number of rotatable bonds is 7. The third-order valence-corrected chi connectivity index (χ3v) is 7.05. The van der Waals surface area contributed by atoms with Gasteiger partial charge < -0.3 is 29.0 Å². The Morgan fingerprint density at radius 3 is 2.27 bits per heavy atom. The molecule has 1 aromatic heterocycles. The molecule has 206 valence electrons. The molecule has 1 saturated heterocycles. The molecule has 1 aliphatic heterocycles. The van der Waals surface area contributed by atoms with Gasteiger partial charge in [0.25, 0.3) is 5.78 Å². The highest BCUT2D eigenvalue weighted by Crippen LogP contribution is 2.45. The SMILES string of the molecule is COc1cc(OC)c(/C(O)=C2\C(=O)C(=O)N(c3nc4ccc(C)cc4[nH]3)C2c2ccc(OC)c(OC)c2)cc1Cl. The van der Waals surface area contributed by atoms with Crippen molar-refractivity contribution in [3.8, 4) is 23.0 Å². The summed E-state index contributed by atoms with van der Waals surface area (Å²) in [5.41, 5.74) is 2.67. The van der Waals surface area contributed by atoms with E-state index in [4.69, 9.17) is 30.5 Å². The van der Waals surface area contributed by atoms with E-state index in [9.17, 15) is 14.7 Å². The molecule has 0 saturated carbocycles. The highest BCUT2D eigenvalue weighted by atomic mass is 35.5. The second kappa shape index (κ2) is 10.5. The Balaban J connectivity index is 1.78. The van der Waals surface area contributed by atoms with Crippen LogP contribution in [0.2, 0.25) is 5.02 Å². The van der Waals surface area contributed by atoms with Gasteiger partial charge in [-0.2, -0.15) is 0 Å². The third-order valence-electron chi connectivity index (χ3n) is 6.75. The number of hydrogen-bond acceptors (Lipinski definition) is 8. The van der Waals surface area contributed by atoms with Crippen molar-refractivity contribution in [2.24, 2.45) is 0 Å². The van der Waals surface area contributed by atoms with E-state index in [-0.39, 0.29) is 27.9 Å². The first-order chi connectivity index (χ1) is 19.2. The van der Waals surface area contributed by atoms with Crippen LogP contribution >= 0.6 is 11.6 Å². The van der Waals surface area contributed by atoms with Crippen LogP contribution in [0.1, 0.15) is 22.7 Å². The van der Waals surface area contributed by atoms with Gasteiger partial charge in [0.2, 0.25) is 5.95 Å². The molecule has 11 heteroatoms. The molecule has 2 heterocycles. The van der Waals surface area contributed by atoms with E-state index in [1.165, 1.54) is 45.5 Å². The highest BCUT2D eigenvalue weighted by Gasteiger charge is 2.48. The van der Waals surface area contributed by atoms with Gasteiger partial charge in [0, 0.05) is 6.07 Å². The molecule has 0 spiro atoms. The van der Waals surface area contributed by atoms with Crippen LogP contribution in [0.5, 0.6) is 23.0 Å². The predicted octanol–water partition coefficient (Wildman–Crippen LogP) is 5.19. The predicted molar refractivity (Wildman–Crippen MR) is 150 cm³/mol. The Hall–Kier alpha value is -4.70. The van der Waals surface area contributed by atoms with Gasteiger partial charge >= 0.3 is 5.91 Å². The number of carbonyl (C=O) groups excluding carboxylic acids is 2. The fourth-order valence-corrected chi connectivity index (χ4v) is 5.04. The maximum absolute atomic E-state index is 13.6. The molecule has 0 bridgehead atoms. The number of ketones is 1. The summed E-state index contributed by atoms with van der Waals surface area (Å²) in [7, 11) is 5.82. The molecular weight excluding hydrogens is 538 g/mol. The lowest BCUT2D eigenvalue weighted by atomic mass is 9.94. The number of aliphatic hydroxyl groups excluding tert-OH is 1. The smallest absolute Gasteiger partial charge is 0.302 e. The van der Waals surface area contributed by atoms with E-state index in [0.29, 0.717) is 33.8 Å². The van der Waals surface area contributed by atoms with Gasteiger partial charge in [-0.05, 0) is 48.4 Å². The van der Waals surface area contributed by atoms with Crippen LogP contribution in [0.4, 0.5) is 5.95 Å². The quantitative estimate of drug-likeness (QED) is 0.179. The first kappa shape index (κ1) is 26.9. The van der Waals surface area contributed by atoms with Crippen LogP contribution in [0, 0.1) is 6.92 Å². The first-order valence-corrected chi connectivity index (χ1v) is 12.5. The van der Waals surface area contributed by atoms with E-state index in [1.54, 1.807) is 18.2 Å². The number of benzene rings is 3. The lowest BCUT2D eigenvalue weighted by Gasteiger charge is -2.24. The number of Topliss-reactive ketones (excluding diaryl/α,β-unsaturated/α-hetero) is 1. The van der Waals surface area contributed by atoms with Crippen molar-refractivity contribution in [3.05, 3.63) is 75.8 Å². The van der Waals surface area contributed by atoms with Gasteiger partial charge in [-0.25, -0.2) is 4.98 Å². The molecule has 0 radical (unpaired) electrons. The number of aromatic amines is 1. The van der Waals surface area contributed by atoms with Crippen molar-refractivity contribution in [1.82, 2.24) is 9.97 Å². The molecular formula is C29H26ClN3O7. The van der Waals surface area contributed by atoms with Crippen LogP contribution in [-0.2, 0) is 9.59 Å². The summed E-state index contributed by atoms with van der Waals surface area (Å²) in [5.74, 6) is -0.810. The topological polar surface area (TPSA) is 123 Å². The van der Waals surface area contributed by atoms with Crippen molar-refractivity contribution < 1.29 is 33.6 Å². The van der Waals surface area contributed by atoms with E-state index < -0.39 is 23.5 Å². The molecule has 3 aromatic carbocycles. The molecule has 1 atom stereocenters. The molecule has 40 heavy (non-hydrogen) atoms. The van der Waals surface area contributed by atoms with Crippen molar-refractivity contribution >= 4 is 46.0 Å². The monoisotopic (exact) mass is 563 g/mol. The van der Waals surface area contributed by atoms with Crippen molar-refractivity contribution in [2.75, 3.05) is 33.3 Å². The number of fused-ring (bicyclic) bond motifs is 1. The summed E-state index contributed by atoms with van der Waals surface area (Å²) < 4.78 is 21.6. The number of hydrogen-bond donors (Lipinski definition) is 2. The highest BCUT2D eigenvalue weighted by molar-refractivity contribution is 6.51. The average Bonchev–Trinajstić information content (AvgIpc) is 3.49. The molecule has 2 N–H and O–H groups in total. The second-order valence-electron chi connectivity index (χ2n) is 9.05. The molecule has 4 aromatic rings. The number of aromatic nitrogens is 2. The van der Waals surface area contributed by atoms with Gasteiger partial charge in [0.1, 0.15) is 17.3 Å². The van der Waals surface area contributed by atoms with Gasteiger partial charge in [0.05, 0.1) is 61.7 Å². The molecule has 1 fully saturated rings. The summed E-state index contributed by atoms with van der Waals surface area (Å²) in [6.45, 7) is 1.93. The van der Waals surface area contributed by atoms with Crippen LogP contribution in [0.25, 0.3) is 16.8 Å². The van der Waals surface area contributed by atoms with E-state index in [0.717, 1.165) is 5.56 Å². The minimum atomic E-state index is -1.09. The minimum Gasteiger partial charge on any atom is -0.507 e. The maximum atomic E-state index is 13.6. The number of halogens is 1. The van der Waals surface area contributed by atoms with E-state index >= 15 is 0 Å². The number of nitrogens with zero attached hydrogens (tertiary/aromatic N) is 2. The molecule has 10 nitrogen and oxygen atoms in total. The average molecular weight is 564 g/mol. The van der Waals surface area contributed by atoms with Gasteiger partial charge in [0.15, 0.2) is 11.5 Å².